The summed E-state index contributed by atoms with van der Waals surface area (Å²) >= 11 is 0. The van der Waals surface area contributed by atoms with E-state index in [1.54, 1.807) is 0 Å². The molecule has 5 nitrogen and oxygen atoms in total. The van der Waals surface area contributed by atoms with Crippen LogP contribution in [0.4, 0.5) is 0 Å². The van der Waals surface area contributed by atoms with Crippen LogP contribution in [0.2, 0.25) is 0 Å². The van der Waals surface area contributed by atoms with Gasteiger partial charge in [-0.25, -0.2) is 0 Å². The largest absolute Gasteiger partial charge is 0.358 e. The molecule has 1 amide bonds. The van der Waals surface area contributed by atoms with E-state index in [-0.39, 0.29) is 12.5 Å². The molecule has 0 spiro atoms. The molecule has 0 aliphatic carbocycles. The molecule has 0 aliphatic rings. The monoisotopic (exact) mass is 131 g/mol. The lowest BCUT2D eigenvalue weighted by Gasteiger charge is -2.04. The number of carbonyl (C=O) groups excluding carboxylic acids is 1. The van der Waals surface area contributed by atoms with Crippen LogP contribution >= 0.6 is 0 Å². The fourth-order valence-corrected chi connectivity index (χ4v) is 0.316. The lowest BCUT2D eigenvalue weighted by atomic mass is 10.6. The maximum absolute atomic E-state index is 10.4. The van der Waals surface area contributed by atoms with E-state index in [2.05, 4.69) is 10.6 Å². The van der Waals surface area contributed by atoms with Gasteiger partial charge < -0.3 is 5.32 Å². The summed E-state index contributed by atoms with van der Waals surface area (Å²) in [6, 6.07) is 0. The summed E-state index contributed by atoms with van der Waals surface area (Å²) in [5.41, 5.74) is 0. The smallest absolute Gasteiger partial charge is 0.241 e. The topological polar surface area (TPSA) is 61.8 Å². The van der Waals surface area contributed by atoms with Gasteiger partial charge in [-0.2, -0.15) is 0 Å². The predicted molar refractivity (Wildman–Crippen MR) is 32.5 cm³/mol. The summed E-state index contributed by atoms with van der Waals surface area (Å²) in [6.45, 7) is 0.0139. The zero-order valence-electron chi connectivity index (χ0n) is 5.42. The fourth-order valence-electron chi connectivity index (χ4n) is 0.316. The molecule has 0 saturated carbocycles. The minimum atomic E-state index is -0.225. The number of nitroso groups, excluding NO2 is 1. The van der Waals surface area contributed by atoms with Gasteiger partial charge in [0, 0.05) is 14.1 Å². The quantitative estimate of drug-likeness (QED) is 0.408. The highest BCUT2D eigenvalue weighted by Gasteiger charge is 2.00. The zero-order valence-corrected chi connectivity index (χ0v) is 5.42. The van der Waals surface area contributed by atoms with E-state index in [0.717, 1.165) is 5.01 Å². The first-order valence-electron chi connectivity index (χ1n) is 2.45. The maximum Gasteiger partial charge on any atom is 0.241 e. The van der Waals surface area contributed by atoms with Crippen LogP contribution in [-0.2, 0) is 4.79 Å². The predicted octanol–water partition coefficient (Wildman–Crippen LogP) is -0.654. The number of nitrogens with one attached hydrogen (secondary N) is 1. The van der Waals surface area contributed by atoms with Crippen molar-refractivity contribution in [2.75, 3.05) is 20.6 Å². The van der Waals surface area contributed by atoms with Crippen LogP contribution in [0.3, 0.4) is 0 Å². The fraction of sp³-hybridized carbons (Fsp3) is 0.750. The highest BCUT2D eigenvalue weighted by atomic mass is 16.3. The molecule has 0 atom stereocenters. The van der Waals surface area contributed by atoms with Crippen molar-refractivity contribution in [3.05, 3.63) is 4.91 Å². The van der Waals surface area contributed by atoms with Gasteiger partial charge in [-0.05, 0) is 0 Å². The van der Waals surface area contributed by atoms with Crippen LogP contribution < -0.4 is 5.32 Å². The standard InChI is InChI=1S/C4H9N3O2/c1-5-4(8)3-7(2)6-9/h3H2,1-2H3,(H,5,8). The van der Waals surface area contributed by atoms with Crippen molar-refractivity contribution < 1.29 is 4.79 Å². The Kier molecular flexibility index (Phi) is 3.34. The van der Waals surface area contributed by atoms with Crippen molar-refractivity contribution in [1.82, 2.24) is 10.3 Å². The van der Waals surface area contributed by atoms with Crippen molar-refractivity contribution >= 4 is 5.91 Å². The second-order valence-corrected chi connectivity index (χ2v) is 1.57. The highest BCUT2D eigenvalue weighted by Crippen LogP contribution is 1.78. The SMILES string of the molecule is CNC(=O)CN(C)N=O. The molecule has 0 unspecified atom stereocenters. The van der Waals surface area contributed by atoms with Crippen molar-refractivity contribution in [2.24, 2.45) is 5.29 Å². The Labute approximate surface area is 53.0 Å². The Balaban J connectivity index is 3.46. The molecule has 52 valence electrons. The van der Waals surface area contributed by atoms with Gasteiger partial charge in [-0.3, -0.25) is 9.80 Å². The second-order valence-electron chi connectivity index (χ2n) is 1.57. The molecule has 0 aromatic rings. The summed E-state index contributed by atoms with van der Waals surface area (Å²) in [5.74, 6) is -0.225. The number of hydrogen-bond acceptors (Lipinski definition) is 3. The van der Waals surface area contributed by atoms with Crippen LogP contribution in [0.25, 0.3) is 0 Å². The number of hydrogen-bond donors (Lipinski definition) is 1. The van der Waals surface area contributed by atoms with Gasteiger partial charge >= 0.3 is 0 Å². The number of amides is 1. The maximum atomic E-state index is 10.4. The molecular weight excluding hydrogens is 122 g/mol. The summed E-state index contributed by atoms with van der Waals surface area (Å²) in [7, 11) is 2.93. The summed E-state index contributed by atoms with van der Waals surface area (Å²) in [6.07, 6.45) is 0. The van der Waals surface area contributed by atoms with Gasteiger partial charge in [-0.1, -0.05) is 0 Å². The second kappa shape index (κ2) is 3.82. The van der Waals surface area contributed by atoms with Crippen LogP contribution in [0.15, 0.2) is 5.29 Å². The van der Waals surface area contributed by atoms with Crippen LogP contribution in [0.1, 0.15) is 0 Å². The molecule has 0 bridgehead atoms. The Morgan fingerprint density at radius 2 is 2.33 bits per heavy atom. The van der Waals surface area contributed by atoms with E-state index in [4.69, 9.17) is 0 Å². The van der Waals surface area contributed by atoms with Crippen molar-refractivity contribution in [3.8, 4) is 0 Å². The molecule has 0 rings (SSSR count). The van der Waals surface area contributed by atoms with Crippen LogP contribution in [0, 0.1) is 4.91 Å². The Morgan fingerprint density at radius 3 is 2.67 bits per heavy atom. The first kappa shape index (κ1) is 7.87. The normalized spacial score (nSPS) is 8.22. The van der Waals surface area contributed by atoms with Gasteiger partial charge in [0.2, 0.25) is 5.91 Å². The number of rotatable bonds is 3. The van der Waals surface area contributed by atoms with Gasteiger partial charge in [0.25, 0.3) is 0 Å². The van der Waals surface area contributed by atoms with Crippen molar-refractivity contribution in [1.29, 1.82) is 0 Å². The van der Waals surface area contributed by atoms with E-state index < -0.39 is 0 Å². The van der Waals surface area contributed by atoms with E-state index in [9.17, 15) is 9.70 Å². The van der Waals surface area contributed by atoms with Crippen molar-refractivity contribution in [3.63, 3.8) is 0 Å². The lowest BCUT2D eigenvalue weighted by molar-refractivity contribution is -0.121. The summed E-state index contributed by atoms with van der Waals surface area (Å²) in [4.78, 5) is 20.1. The molecule has 9 heavy (non-hydrogen) atoms. The van der Waals surface area contributed by atoms with Gasteiger partial charge in [0.15, 0.2) is 0 Å². The van der Waals surface area contributed by atoms with Gasteiger partial charge in [-0.15, -0.1) is 4.91 Å². The Hall–Kier alpha value is -1.13. The third kappa shape index (κ3) is 3.45. The average molecular weight is 131 g/mol. The van der Waals surface area contributed by atoms with E-state index in [1.165, 1.54) is 14.1 Å². The Bertz CT molecular complexity index is 114. The van der Waals surface area contributed by atoms with Gasteiger partial charge in [0.1, 0.15) is 6.54 Å². The molecule has 0 aromatic heterocycles. The third-order valence-corrected chi connectivity index (χ3v) is 0.791. The summed E-state index contributed by atoms with van der Waals surface area (Å²) < 4.78 is 0. The van der Waals surface area contributed by atoms with E-state index in [1.807, 2.05) is 0 Å². The number of nitrogens with zero attached hydrogens (tertiary/aromatic N) is 2. The first-order valence-corrected chi connectivity index (χ1v) is 2.45. The molecule has 5 heteroatoms. The van der Waals surface area contributed by atoms with Crippen LogP contribution in [-0.4, -0.2) is 31.6 Å². The first-order chi connectivity index (χ1) is 4.20. The Morgan fingerprint density at radius 1 is 1.78 bits per heavy atom. The highest BCUT2D eigenvalue weighted by molar-refractivity contribution is 5.77. The lowest BCUT2D eigenvalue weighted by Crippen LogP contribution is -2.29. The molecule has 1 N–H and O–H groups in total. The molecule has 0 fully saturated rings. The molecule has 0 saturated heterocycles. The van der Waals surface area contributed by atoms with E-state index >= 15 is 0 Å². The summed E-state index contributed by atoms with van der Waals surface area (Å²) in [5, 5.41) is 5.86. The molecule has 0 radical (unpaired) electrons. The van der Waals surface area contributed by atoms with Gasteiger partial charge in [0.05, 0.1) is 5.29 Å². The molecule has 0 aromatic carbocycles. The molecule has 0 heterocycles. The third-order valence-electron chi connectivity index (χ3n) is 0.791. The van der Waals surface area contributed by atoms with Crippen LogP contribution in [0.5, 0.6) is 0 Å². The molecule has 0 aliphatic heterocycles. The minimum Gasteiger partial charge on any atom is -0.358 e. The average Bonchev–Trinajstić information content (AvgIpc) is 1.87. The van der Waals surface area contributed by atoms with E-state index in [0.29, 0.717) is 0 Å². The zero-order chi connectivity index (χ0) is 7.28. The minimum absolute atomic E-state index is 0.0139. The molecular formula is C4H9N3O2. The van der Waals surface area contributed by atoms with Crippen molar-refractivity contribution in [2.45, 2.75) is 0 Å². The number of likely N-dealkylation sites (N-methyl/N-ethyl adjacent to an activating group) is 2. The number of carbonyl (C=O) groups is 1.